The van der Waals surface area contributed by atoms with Gasteiger partial charge in [0.05, 0.1) is 5.92 Å². The summed E-state index contributed by atoms with van der Waals surface area (Å²) in [4.78, 5) is 23.6. The van der Waals surface area contributed by atoms with E-state index in [1.807, 2.05) is 19.1 Å². The lowest BCUT2D eigenvalue weighted by Gasteiger charge is -2.13. The molecule has 0 saturated heterocycles. The van der Waals surface area contributed by atoms with Crippen molar-refractivity contribution in [1.82, 2.24) is 0 Å². The maximum absolute atomic E-state index is 11.9. The zero-order valence-electron chi connectivity index (χ0n) is 11.7. The van der Waals surface area contributed by atoms with Crippen LogP contribution in [0.4, 0.5) is 11.4 Å². The maximum Gasteiger partial charge on any atom is 0.228 e. The molecule has 0 aromatic heterocycles. The van der Waals surface area contributed by atoms with Gasteiger partial charge in [-0.05, 0) is 37.5 Å². The summed E-state index contributed by atoms with van der Waals surface area (Å²) >= 11 is 0. The van der Waals surface area contributed by atoms with Crippen LogP contribution in [0.5, 0.6) is 0 Å². The van der Waals surface area contributed by atoms with Crippen molar-refractivity contribution in [3.05, 3.63) is 24.3 Å². The SMILES string of the molecule is CCC(CN)C(=O)Nc1cccc(NC(=O)C2CC2)c1. The van der Waals surface area contributed by atoms with Gasteiger partial charge in [0, 0.05) is 23.8 Å². The van der Waals surface area contributed by atoms with Crippen LogP contribution in [0.1, 0.15) is 26.2 Å². The molecule has 1 unspecified atom stereocenters. The fourth-order valence-corrected chi connectivity index (χ4v) is 1.97. The highest BCUT2D eigenvalue weighted by atomic mass is 16.2. The Morgan fingerprint density at radius 1 is 1.30 bits per heavy atom. The lowest BCUT2D eigenvalue weighted by molar-refractivity contribution is -0.119. The van der Waals surface area contributed by atoms with Gasteiger partial charge in [-0.15, -0.1) is 0 Å². The number of carbonyl (C=O) groups excluding carboxylic acids is 2. The van der Waals surface area contributed by atoms with Crippen LogP contribution in [0.3, 0.4) is 0 Å². The summed E-state index contributed by atoms with van der Waals surface area (Å²) in [5.74, 6) is -0.0443. The number of amides is 2. The van der Waals surface area contributed by atoms with Crippen molar-refractivity contribution in [1.29, 1.82) is 0 Å². The molecule has 2 rings (SSSR count). The molecule has 4 N–H and O–H groups in total. The van der Waals surface area contributed by atoms with Crippen LogP contribution in [-0.4, -0.2) is 18.4 Å². The second kappa shape index (κ2) is 6.52. The van der Waals surface area contributed by atoms with Gasteiger partial charge in [0.25, 0.3) is 0 Å². The van der Waals surface area contributed by atoms with Crippen molar-refractivity contribution >= 4 is 23.2 Å². The molecule has 5 nitrogen and oxygen atoms in total. The Balaban J connectivity index is 1.98. The molecule has 1 saturated carbocycles. The summed E-state index contributed by atoms with van der Waals surface area (Å²) in [6.07, 6.45) is 2.65. The van der Waals surface area contributed by atoms with Gasteiger partial charge in [-0.25, -0.2) is 0 Å². The third-order valence-electron chi connectivity index (χ3n) is 3.49. The highest BCUT2D eigenvalue weighted by Crippen LogP contribution is 2.30. The topological polar surface area (TPSA) is 84.2 Å². The van der Waals surface area contributed by atoms with Gasteiger partial charge < -0.3 is 16.4 Å². The van der Waals surface area contributed by atoms with E-state index in [0.717, 1.165) is 12.8 Å². The zero-order valence-corrected chi connectivity index (χ0v) is 11.7. The van der Waals surface area contributed by atoms with Gasteiger partial charge in [0.1, 0.15) is 0 Å². The Labute approximate surface area is 118 Å². The third kappa shape index (κ3) is 3.81. The highest BCUT2D eigenvalue weighted by Gasteiger charge is 2.29. The predicted octanol–water partition coefficient (Wildman–Crippen LogP) is 1.96. The molecular weight excluding hydrogens is 254 g/mol. The van der Waals surface area contributed by atoms with Gasteiger partial charge in [-0.1, -0.05) is 13.0 Å². The molecule has 2 amide bonds. The number of benzene rings is 1. The normalized spacial score (nSPS) is 15.5. The van der Waals surface area contributed by atoms with E-state index in [-0.39, 0.29) is 23.7 Å². The first-order chi connectivity index (χ1) is 9.63. The molecule has 5 heteroatoms. The predicted molar refractivity (Wildman–Crippen MR) is 79.3 cm³/mol. The van der Waals surface area contributed by atoms with Crippen LogP contribution in [-0.2, 0) is 9.59 Å². The number of carbonyl (C=O) groups is 2. The Bertz CT molecular complexity index is 494. The summed E-state index contributed by atoms with van der Waals surface area (Å²) < 4.78 is 0. The molecule has 1 aromatic carbocycles. The molecular formula is C15H21N3O2. The first kappa shape index (κ1) is 14.5. The largest absolute Gasteiger partial charge is 0.330 e. The van der Waals surface area contributed by atoms with Crippen LogP contribution in [0.25, 0.3) is 0 Å². The number of anilines is 2. The van der Waals surface area contributed by atoms with E-state index in [0.29, 0.717) is 24.3 Å². The van der Waals surface area contributed by atoms with Crippen LogP contribution in [0.2, 0.25) is 0 Å². The average molecular weight is 275 g/mol. The Morgan fingerprint density at radius 2 is 1.95 bits per heavy atom. The van der Waals surface area contributed by atoms with Crippen molar-refractivity contribution in [2.75, 3.05) is 17.2 Å². The fourth-order valence-electron chi connectivity index (χ4n) is 1.97. The molecule has 0 spiro atoms. The second-order valence-corrected chi connectivity index (χ2v) is 5.17. The number of nitrogens with two attached hydrogens (primary N) is 1. The molecule has 1 aromatic rings. The van der Waals surface area contributed by atoms with Gasteiger partial charge in [-0.2, -0.15) is 0 Å². The average Bonchev–Trinajstić information content (AvgIpc) is 3.24. The fraction of sp³-hybridized carbons (Fsp3) is 0.467. The Kier molecular flexibility index (Phi) is 4.74. The van der Waals surface area contributed by atoms with Crippen LogP contribution < -0.4 is 16.4 Å². The third-order valence-corrected chi connectivity index (χ3v) is 3.49. The van der Waals surface area contributed by atoms with E-state index in [1.165, 1.54) is 0 Å². The Hall–Kier alpha value is -1.88. The van der Waals surface area contributed by atoms with Crippen molar-refractivity contribution in [2.24, 2.45) is 17.6 Å². The standard InChI is InChI=1S/C15H21N3O2/c1-2-10(9-16)14(19)17-12-4-3-5-13(8-12)18-15(20)11-6-7-11/h3-5,8,10-11H,2,6-7,9,16H2,1H3,(H,17,19)(H,18,20). The monoisotopic (exact) mass is 275 g/mol. The van der Waals surface area contributed by atoms with E-state index in [4.69, 9.17) is 5.73 Å². The number of hydrogen-bond donors (Lipinski definition) is 3. The molecule has 0 aliphatic heterocycles. The number of hydrogen-bond acceptors (Lipinski definition) is 3. The summed E-state index contributed by atoms with van der Waals surface area (Å²) in [6.45, 7) is 2.27. The van der Waals surface area contributed by atoms with Crippen molar-refractivity contribution < 1.29 is 9.59 Å². The lowest BCUT2D eigenvalue weighted by Crippen LogP contribution is -2.28. The Morgan fingerprint density at radius 3 is 2.50 bits per heavy atom. The molecule has 0 bridgehead atoms. The highest BCUT2D eigenvalue weighted by molar-refractivity contribution is 5.96. The van der Waals surface area contributed by atoms with Crippen molar-refractivity contribution in [3.63, 3.8) is 0 Å². The summed E-state index contributed by atoms with van der Waals surface area (Å²) in [6, 6.07) is 7.19. The first-order valence-corrected chi connectivity index (χ1v) is 7.06. The first-order valence-electron chi connectivity index (χ1n) is 7.06. The molecule has 0 heterocycles. The van der Waals surface area contributed by atoms with Crippen LogP contribution >= 0.6 is 0 Å². The minimum atomic E-state index is -0.181. The number of rotatable bonds is 6. The van der Waals surface area contributed by atoms with Crippen LogP contribution in [0.15, 0.2) is 24.3 Å². The molecule has 0 radical (unpaired) electrons. The summed E-state index contributed by atoms with van der Waals surface area (Å²) in [5.41, 5.74) is 6.94. The molecule has 1 aliphatic carbocycles. The van der Waals surface area contributed by atoms with Crippen LogP contribution in [0, 0.1) is 11.8 Å². The van der Waals surface area contributed by atoms with E-state index in [2.05, 4.69) is 10.6 Å². The molecule has 108 valence electrons. The minimum absolute atomic E-state index is 0.0573. The lowest BCUT2D eigenvalue weighted by atomic mass is 10.1. The minimum Gasteiger partial charge on any atom is -0.330 e. The quantitative estimate of drug-likeness (QED) is 0.742. The summed E-state index contributed by atoms with van der Waals surface area (Å²) in [7, 11) is 0. The smallest absolute Gasteiger partial charge is 0.228 e. The van der Waals surface area contributed by atoms with E-state index in [1.54, 1.807) is 12.1 Å². The van der Waals surface area contributed by atoms with Gasteiger partial charge in [0.2, 0.25) is 11.8 Å². The molecule has 20 heavy (non-hydrogen) atoms. The molecule has 1 aliphatic rings. The van der Waals surface area contributed by atoms with Gasteiger partial charge >= 0.3 is 0 Å². The van der Waals surface area contributed by atoms with E-state index < -0.39 is 0 Å². The molecule has 1 fully saturated rings. The van der Waals surface area contributed by atoms with E-state index >= 15 is 0 Å². The van der Waals surface area contributed by atoms with E-state index in [9.17, 15) is 9.59 Å². The van der Waals surface area contributed by atoms with Gasteiger partial charge in [0.15, 0.2) is 0 Å². The molecule has 1 atom stereocenters. The number of nitrogens with one attached hydrogen (secondary N) is 2. The second-order valence-electron chi connectivity index (χ2n) is 5.17. The van der Waals surface area contributed by atoms with Crippen molar-refractivity contribution in [3.8, 4) is 0 Å². The zero-order chi connectivity index (χ0) is 14.5. The van der Waals surface area contributed by atoms with Gasteiger partial charge in [-0.3, -0.25) is 9.59 Å². The maximum atomic E-state index is 11.9. The summed E-state index contributed by atoms with van der Waals surface area (Å²) in [5, 5.41) is 5.69. The van der Waals surface area contributed by atoms with Crippen molar-refractivity contribution in [2.45, 2.75) is 26.2 Å².